The molecule has 0 bridgehead atoms. The molecule has 2 aromatic carbocycles. The summed E-state index contributed by atoms with van der Waals surface area (Å²) in [5, 5.41) is 5.19. The molecule has 1 amide bonds. The van der Waals surface area contributed by atoms with Gasteiger partial charge >= 0.3 is 0 Å². The molecule has 0 saturated heterocycles. The third-order valence-corrected chi connectivity index (χ3v) is 6.08. The number of H-pyrrole nitrogens is 1. The van der Waals surface area contributed by atoms with Crippen molar-refractivity contribution in [3.8, 4) is 22.8 Å². The largest absolute Gasteiger partial charge is 0.497 e. The molecule has 0 spiro atoms. The Balaban J connectivity index is 1.71. The third kappa shape index (κ3) is 3.48. The number of para-hydroxylation sites is 1. The molecule has 0 radical (unpaired) electrons. The highest BCUT2D eigenvalue weighted by molar-refractivity contribution is 6.13. The summed E-state index contributed by atoms with van der Waals surface area (Å²) in [5.74, 6) is 1.21. The van der Waals surface area contributed by atoms with Crippen molar-refractivity contribution in [1.82, 2.24) is 15.3 Å². The van der Waals surface area contributed by atoms with Crippen LogP contribution in [0.3, 0.4) is 0 Å². The molecule has 0 aliphatic heterocycles. The fourth-order valence-electron chi connectivity index (χ4n) is 4.48. The molecule has 4 aromatic rings. The zero-order valence-corrected chi connectivity index (χ0v) is 17.7. The number of benzene rings is 2. The number of fused-ring (bicyclic) bond motifs is 3. The van der Waals surface area contributed by atoms with Gasteiger partial charge in [0.1, 0.15) is 17.2 Å². The van der Waals surface area contributed by atoms with Crippen molar-refractivity contribution in [3.05, 3.63) is 54.2 Å². The topological polar surface area (TPSA) is 76.2 Å². The number of hydrogen-bond acceptors (Lipinski definition) is 4. The van der Waals surface area contributed by atoms with E-state index in [1.165, 1.54) is 0 Å². The maximum atomic E-state index is 13.1. The summed E-state index contributed by atoms with van der Waals surface area (Å²) in [6.07, 6.45) is 4.38. The van der Waals surface area contributed by atoms with Crippen LogP contribution in [-0.2, 0) is 0 Å². The lowest BCUT2D eigenvalue weighted by molar-refractivity contribution is 0.0933. The number of methoxy groups -OCH3 is 2. The maximum absolute atomic E-state index is 13.1. The number of rotatable bonds is 5. The first-order chi connectivity index (χ1) is 15.2. The molecule has 0 unspecified atom stereocenters. The van der Waals surface area contributed by atoms with Gasteiger partial charge in [0.05, 0.1) is 25.4 Å². The van der Waals surface area contributed by atoms with Crippen molar-refractivity contribution in [1.29, 1.82) is 0 Å². The van der Waals surface area contributed by atoms with Crippen LogP contribution in [0, 0.1) is 0 Å². The van der Waals surface area contributed by atoms with Gasteiger partial charge in [0.15, 0.2) is 0 Å². The van der Waals surface area contributed by atoms with Crippen LogP contribution in [0.5, 0.6) is 11.5 Å². The number of hydrogen-bond donors (Lipinski definition) is 2. The number of amides is 1. The normalized spacial score (nSPS) is 14.3. The Labute approximate surface area is 180 Å². The summed E-state index contributed by atoms with van der Waals surface area (Å²) in [4.78, 5) is 21.4. The molecule has 1 aliphatic rings. The number of nitrogens with zero attached hydrogens (tertiary/aromatic N) is 1. The summed E-state index contributed by atoms with van der Waals surface area (Å²) in [5.41, 5.74) is 3.78. The second kappa shape index (κ2) is 7.95. The smallest absolute Gasteiger partial charge is 0.270 e. The van der Waals surface area contributed by atoms with Gasteiger partial charge in [-0.2, -0.15) is 0 Å². The molecule has 0 atom stereocenters. The van der Waals surface area contributed by atoms with Crippen LogP contribution in [0.4, 0.5) is 0 Å². The second-order valence-electron chi connectivity index (χ2n) is 7.97. The van der Waals surface area contributed by atoms with Crippen LogP contribution in [-0.4, -0.2) is 36.1 Å². The number of nitrogens with one attached hydrogen (secondary N) is 2. The highest BCUT2D eigenvalue weighted by atomic mass is 16.5. The Kier molecular flexibility index (Phi) is 4.98. The van der Waals surface area contributed by atoms with Crippen molar-refractivity contribution in [2.75, 3.05) is 14.2 Å². The van der Waals surface area contributed by atoms with Gasteiger partial charge in [-0.3, -0.25) is 4.79 Å². The zero-order chi connectivity index (χ0) is 21.4. The molecule has 31 heavy (non-hydrogen) atoms. The van der Waals surface area contributed by atoms with Crippen molar-refractivity contribution in [2.45, 2.75) is 31.7 Å². The maximum Gasteiger partial charge on any atom is 0.270 e. The van der Waals surface area contributed by atoms with Gasteiger partial charge in [-0.15, -0.1) is 0 Å². The van der Waals surface area contributed by atoms with E-state index in [9.17, 15) is 4.79 Å². The van der Waals surface area contributed by atoms with E-state index >= 15 is 0 Å². The van der Waals surface area contributed by atoms with Gasteiger partial charge < -0.3 is 19.8 Å². The summed E-state index contributed by atoms with van der Waals surface area (Å²) in [6.45, 7) is 0. The van der Waals surface area contributed by atoms with E-state index in [4.69, 9.17) is 14.5 Å². The van der Waals surface area contributed by atoms with Gasteiger partial charge in [-0.1, -0.05) is 31.0 Å². The number of carbonyl (C=O) groups is 1. The van der Waals surface area contributed by atoms with E-state index in [2.05, 4.69) is 16.4 Å². The first-order valence-corrected chi connectivity index (χ1v) is 10.6. The molecular formula is C25H25N3O3. The quantitative estimate of drug-likeness (QED) is 0.477. The minimum atomic E-state index is -0.132. The zero-order valence-electron chi connectivity index (χ0n) is 17.7. The molecule has 1 fully saturated rings. The highest BCUT2D eigenvalue weighted by Crippen LogP contribution is 2.38. The number of carbonyl (C=O) groups excluding carboxylic acids is 1. The van der Waals surface area contributed by atoms with E-state index in [-0.39, 0.29) is 11.9 Å². The minimum Gasteiger partial charge on any atom is -0.497 e. The molecule has 1 saturated carbocycles. The van der Waals surface area contributed by atoms with Crippen molar-refractivity contribution in [3.63, 3.8) is 0 Å². The lowest BCUT2D eigenvalue weighted by Gasteiger charge is -2.14. The Morgan fingerprint density at radius 1 is 1.03 bits per heavy atom. The van der Waals surface area contributed by atoms with E-state index in [1.807, 2.05) is 42.5 Å². The molecule has 6 nitrogen and oxygen atoms in total. The number of aromatic nitrogens is 2. The van der Waals surface area contributed by atoms with Crippen LogP contribution in [0.1, 0.15) is 36.2 Å². The monoisotopic (exact) mass is 415 g/mol. The number of aromatic amines is 1. The van der Waals surface area contributed by atoms with Crippen LogP contribution in [0.25, 0.3) is 33.1 Å². The number of pyridine rings is 1. The van der Waals surface area contributed by atoms with Gasteiger partial charge in [0.25, 0.3) is 5.91 Å². The van der Waals surface area contributed by atoms with Crippen molar-refractivity contribution < 1.29 is 14.3 Å². The lowest BCUT2D eigenvalue weighted by Crippen LogP contribution is -2.33. The molecule has 2 aromatic heterocycles. The molecular weight excluding hydrogens is 390 g/mol. The van der Waals surface area contributed by atoms with Gasteiger partial charge in [-0.25, -0.2) is 4.98 Å². The fraction of sp³-hybridized carbons (Fsp3) is 0.280. The van der Waals surface area contributed by atoms with Gasteiger partial charge in [0, 0.05) is 34.0 Å². The van der Waals surface area contributed by atoms with Crippen LogP contribution >= 0.6 is 0 Å². The van der Waals surface area contributed by atoms with Crippen LogP contribution in [0.15, 0.2) is 48.5 Å². The predicted octanol–water partition coefficient (Wildman–Crippen LogP) is 5.07. The summed E-state index contributed by atoms with van der Waals surface area (Å²) in [6, 6.07) is 15.8. The molecule has 5 rings (SSSR count). The fourth-order valence-corrected chi connectivity index (χ4v) is 4.48. The molecule has 2 heterocycles. The molecule has 158 valence electrons. The van der Waals surface area contributed by atoms with Crippen molar-refractivity contribution in [2.24, 2.45) is 0 Å². The van der Waals surface area contributed by atoms with E-state index in [0.29, 0.717) is 22.9 Å². The Morgan fingerprint density at radius 2 is 1.84 bits per heavy atom. The Bertz CT molecular complexity index is 1270. The second-order valence-corrected chi connectivity index (χ2v) is 7.97. The molecule has 1 aliphatic carbocycles. The first kappa shape index (κ1) is 19.4. The average Bonchev–Trinajstić information content (AvgIpc) is 3.45. The lowest BCUT2D eigenvalue weighted by atomic mass is 10.0. The van der Waals surface area contributed by atoms with Crippen molar-refractivity contribution >= 4 is 27.7 Å². The standard InChI is InChI=1S/C25H25N3O3/c1-30-16-11-12-18(22(13-16)31-2)23-24-19(17-9-5-6-10-20(17)27-24)14-21(28-23)25(29)26-15-7-3-4-8-15/h5-6,9-15,27H,3-4,7-8H2,1-2H3,(H,26,29). The Morgan fingerprint density at radius 3 is 2.61 bits per heavy atom. The minimum absolute atomic E-state index is 0.132. The van der Waals surface area contributed by atoms with Crippen LogP contribution < -0.4 is 14.8 Å². The Hall–Kier alpha value is -3.54. The summed E-state index contributed by atoms with van der Waals surface area (Å²) < 4.78 is 11.0. The highest BCUT2D eigenvalue weighted by Gasteiger charge is 2.22. The van der Waals surface area contributed by atoms with E-state index < -0.39 is 0 Å². The first-order valence-electron chi connectivity index (χ1n) is 10.6. The SMILES string of the molecule is COc1ccc(-c2nc(C(=O)NC3CCCC3)cc3c2[nH]c2ccccc23)c(OC)c1. The van der Waals surface area contributed by atoms with Crippen LogP contribution in [0.2, 0.25) is 0 Å². The number of ether oxygens (including phenoxy) is 2. The average molecular weight is 415 g/mol. The van der Waals surface area contributed by atoms with E-state index in [0.717, 1.165) is 53.1 Å². The third-order valence-electron chi connectivity index (χ3n) is 6.08. The van der Waals surface area contributed by atoms with Gasteiger partial charge in [0.2, 0.25) is 0 Å². The van der Waals surface area contributed by atoms with E-state index in [1.54, 1.807) is 14.2 Å². The molecule has 6 heteroatoms. The van der Waals surface area contributed by atoms with Gasteiger partial charge in [-0.05, 0) is 37.1 Å². The summed E-state index contributed by atoms with van der Waals surface area (Å²) >= 11 is 0. The summed E-state index contributed by atoms with van der Waals surface area (Å²) in [7, 11) is 3.24. The molecule has 2 N–H and O–H groups in total. The predicted molar refractivity (Wildman–Crippen MR) is 122 cm³/mol.